The van der Waals surface area contributed by atoms with Crippen molar-refractivity contribution >= 4 is 35.1 Å². The number of nitrogens with two attached hydrogens (primary N) is 1. The fraction of sp³-hybridized carbons (Fsp3) is 0.194. The molecule has 12 heteroatoms. The minimum Gasteiger partial charge on any atom is -0.480 e. The standard InChI is InChI=1S/C27H24N2O5.C4H6O5/c1-2-19-21(15-18-11-6-7-12-20(18)17-9-4-3-5-10-17)29-14-8-13-22(34-16-23(30)31)25(29)24(19)26(32)27(28)33;5-3(6)1-9-2-4(7)8/h3-14H,2,15-16H2,1H3,(H2,28,33)(H,30,31);1-2H2,(H,5,6)(H,7,8). The zero-order valence-corrected chi connectivity index (χ0v) is 23.2. The topological polar surface area (TPSA) is 195 Å². The highest BCUT2D eigenvalue weighted by molar-refractivity contribution is 6.44. The molecule has 43 heavy (non-hydrogen) atoms. The molecule has 4 aromatic rings. The number of Topliss-reactive ketones (excluding diaryl/α,β-unsaturated/α-hetero) is 1. The fourth-order valence-corrected chi connectivity index (χ4v) is 4.57. The summed E-state index contributed by atoms with van der Waals surface area (Å²) >= 11 is 0. The van der Waals surface area contributed by atoms with Crippen LogP contribution in [0.5, 0.6) is 5.75 Å². The predicted octanol–water partition coefficient (Wildman–Crippen LogP) is 3.06. The Balaban J connectivity index is 0.000000489. The van der Waals surface area contributed by atoms with Gasteiger partial charge in [0.1, 0.15) is 19.0 Å². The number of carbonyl (C=O) groups is 5. The summed E-state index contributed by atoms with van der Waals surface area (Å²) < 4.78 is 11.4. The Labute approximate surface area is 245 Å². The number of primary amides is 1. The van der Waals surface area contributed by atoms with Gasteiger partial charge in [0.15, 0.2) is 6.61 Å². The molecule has 0 aliphatic carbocycles. The molecule has 0 aliphatic rings. The number of carboxylic acid groups (broad SMARTS) is 3. The Morgan fingerprint density at radius 1 is 0.791 bits per heavy atom. The molecule has 0 fully saturated rings. The van der Waals surface area contributed by atoms with E-state index in [0.29, 0.717) is 23.9 Å². The van der Waals surface area contributed by atoms with Crippen molar-refractivity contribution in [2.45, 2.75) is 19.8 Å². The van der Waals surface area contributed by atoms with Gasteiger partial charge < -0.3 is 34.9 Å². The number of benzene rings is 2. The van der Waals surface area contributed by atoms with Crippen LogP contribution >= 0.6 is 0 Å². The molecule has 5 N–H and O–H groups in total. The number of hydrogen-bond donors (Lipinski definition) is 4. The number of nitrogens with zero attached hydrogens (tertiary/aromatic N) is 1. The second-order valence-corrected chi connectivity index (χ2v) is 9.10. The number of rotatable bonds is 13. The third-order valence-corrected chi connectivity index (χ3v) is 6.20. The molecule has 224 valence electrons. The zero-order chi connectivity index (χ0) is 31.5. The highest BCUT2D eigenvalue weighted by atomic mass is 16.5. The van der Waals surface area contributed by atoms with Gasteiger partial charge in [0.2, 0.25) is 0 Å². The zero-order valence-electron chi connectivity index (χ0n) is 23.2. The van der Waals surface area contributed by atoms with Gasteiger partial charge >= 0.3 is 17.9 Å². The normalized spacial score (nSPS) is 10.4. The summed E-state index contributed by atoms with van der Waals surface area (Å²) in [6, 6.07) is 21.3. The molecule has 4 rings (SSSR count). The number of amides is 1. The molecule has 0 atom stereocenters. The van der Waals surface area contributed by atoms with Crippen LogP contribution in [0.4, 0.5) is 0 Å². The van der Waals surface area contributed by atoms with Gasteiger partial charge in [-0.25, -0.2) is 14.4 Å². The van der Waals surface area contributed by atoms with Gasteiger partial charge in [-0.15, -0.1) is 0 Å². The van der Waals surface area contributed by atoms with Crippen molar-refractivity contribution in [3.05, 3.63) is 95.3 Å². The van der Waals surface area contributed by atoms with Gasteiger partial charge in [0.05, 0.1) is 11.1 Å². The van der Waals surface area contributed by atoms with E-state index in [1.165, 1.54) is 0 Å². The second kappa shape index (κ2) is 14.9. The van der Waals surface area contributed by atoms with Crippen LogP contribution < -0.4 is 10.5 Å². The molecule has 0 bridgehead atoms. The predicted molar refractivity (Wildman–Crippen MR) is 154 cm³/mol. The number of hydrogen-bond acceptors (Lipinski definition) is 7. The van der Waals surface area contributed by atoms with Gasteiger partial charge in [-0.1, -0.05) is 61.5 Å². The van der Waals surface area contributed by atoms with Gasteiger partial charge in [-0.2, -0.15) is 0 Å². The monoisotopic (exact) mass is 590 g/mol. The number of carboxylic acids is 3. The number of fused-ring (bicyclic) bond motifs is 1. The molecule has 2 aromatic carbocycles. The maximum atomic E-state index is 12.9. The van der Waals surface area contributed by atoms with Crippen LogP contribution in [0.1, 0.15) is 34.1 Å². The lowest BCUT2D eigenvalue weighted by Crippen LogP contribution is -2.24. The third-order valence-electron chi connectivity index (χ3n) is 6.20. The molecule has 2 heterocycles. The van der Waals surface area contributed by atoms with Crippen LogP contribution in [0.2, 0.25) is 0 Å². The molecule has 0 radical (unpaired) electrons. The minimum atomic E-state index is -1.17. The summed E-state index contributed by atoms with van der Waals surface area (Å²) in [5, 5.41) is 24.9. The van der Waals surface area contributed by atoms with Crippen LogP contribution in [0, 0.1) is 0 Å². The van der Waals surface area contributed by atoms with Gasteiger partial charge in [-0.3, -0.25) is 9.59 Å². The Morgan fingerprint density at radius 2 is 1.40 bits per heavy atom. The molecule has 0 saturated carbocycles. The van der Waals surface area contributed by atoms with Gasteiger partial charge in [0, 0.05) is 18.3 Å². The van der Waals surface area contributed by atoms with Crippen LogP contribution in [0.25, 0.3) is 16.6 Å². The lowest BCUT2D eigenvalue weighted by atomic mass is 9.94. The Morgan fingerprint density at radius 3 is 1.98 bits per heavy atom. The lowest BCUT2D eigenvalue weighted by molar-refractivity contribution is -0.148. The average Bonchev–Trinajstić information content (AvgIpc) is 3.29. The summed E-state index contributed by atoms with van der Waals surface area (Å²) in [7, 11) is 0. The van der Waals surface area contributed by atoms with Crippen molar-refractivity contribution in [3.8, 4) is 16.9 Å². The number of carbonyl (C=O) groups excluding carboxylic acids is 2. The first-order valence-corrected chi connectivity index (χ1v) is 13.0. The van der Waals surface area contributed by atoms with Crippen LogP contribution in [-0.4, -0.2) is 69.1 Å². The first kappa shape index (κ1) is 32.0. The summed E-state index contributed by atoms with van der Waals surface area (Å²) in [6.07, 6.45) is 2.72. The molecule has 12 nitrogen and oxygen atoms in total. The molecule has 0 spiro atoms. The first-order valence-electron chi connectivity index (χ1n) is 13.0. The fourth-order valence-electron chi connectivity index (χ4n) is 4.57. The quantitative estimate of drug-likeness (QED) is 0.133. The third kappa shape index (κ3) is 8.27. The SMILES string of the molecule is CCc1c(C(=O)C(N)=O)c2c(OCC(=O)O)cccn2c1Cc1ccccc1-c1ccccc1.O=C(O)COCC(=O)O. The van der Waals surface area contributed by atoms with Crippen molar-refractivity contribution in [3.63, 3.8) is 0 Å². The Hall–Kier alpha value is -5.49. The van der Waals surface area contributed by atoms with E-state index in [1.54, 1.807) is 22.7 Å². The van der Waals surface area contributed by atoms with Crippen LogP contribution in [0.15, 0.2) is 72.9 Å². The molecule has 1 amide bonds. The van der Waals surface area contributed by atoms with E-state index in [2.05, 4.69) is 4.74 Å². The van der Waals surface area contributed by atoms with Crippen LogP contribution in [0.3, 0.4) is 0 Å². The van der Waals surface area contributed by atoms with Gasteiger partial charge in [0.25, 0.3) is 11.7 Å². The minimum absolute atomic E-state index is 0.156. The highest BCUT2D eigenvalue weighted by Gasteiger charge is 2.28. The van der Waals surface area contributed by atoms with Crippen molar-refractivity contribution in [2.75, 3.05) is 19.8 Å². The molecule has 0 aliphatic heterocycles. The van der Waals surface area contributed by atoms with Crippen molar-refractivity contribution in [1.29, 1.82) is 0 Å². The summed E-state index contributed by atoms with van der Waals surface area (Å²) in [5.41, 5.74) is 10.5. The summed E-state index contributed by atoms with van der Waals surface area (Å²) in [6.45, 7) is 0.193. The largest absolute Gasteiger partial charge is 0.480 e. The van der Waals surface area contributed by atoms with Crippen molar-refractivity contribution in [2.24, 2.45) is 5.73 Å². The summed E-state index contributed by atoms with van der Waals surface area (Å²) in [5.74, 6) is -5.20. The first-order chi connectivity index (χ1) is 20.5. The molecule has 2 aromatic heterocycles. The Kier molecular flexibility index (Phi) is 11.1. The maximum absolute atomic E-state index is 12.9. The van der Waals surface area contributed by atoms with Gasteiger partial charge in [-0.05, 0) is 40.8 Å². The average molecular weight is 591 g/mol. The maximum Gasteiger partial charge on any atom is 0.341 e. The van der Waals surface area contributed by atoms with E-state index < -0.39 is 49.4 Å². The number of ether oxygens (including phenoxy) is 2. The number of pyridine rings is 1. The van der Waals surface area contributed by atoms with Crippen molar-refractivity contribution in [1.82, 2.24) is 4.40 Å². The highest BCUT2D eigenvalue weighted by Crippen LogP contribution is 2.34. The Bertz CT molecular complexity index is 1630. The molecular formula is C31H30N2O10. The van der Waals surface area contributed by atoms with E-state index in [1.807, 2.05) is 61.5 Å². The van der Waals surface area contributed by atoms with E-state index in [0.717, 1.165) is 22.4 Å². The van der Waals surface area contributed by atoms with Crippen molar-refractivity contribution < 1.29 is 48.8 Å². The molecule has 0 saturated heterocycles. The van der Waals surface area contributed by atoms with E-state index in [9.17, 15) is 24.0 Å². The van der Waals surface area contributed by atoms with Crippen LogP contribution in [-0.2, 0) is 36.8 Å². The number of aliphatic carboxylic acids is 3. The molecular weight excluding hydrogens is 560 g/mol. The second-order valence-electron chi connectivity index (χ2n) is 9.10. The molecule has 0 unspecified atom stereocenters. The summed E-state index contributed by atoms with van der Waals surface area (Å²) in [4.78, 5) is 55.3. The van der Waals surface area contributed by atoms with E-state index in [-0.39, 0.29) is 11.3 Å². The lowest BCUT2D eigenvalue weighted by Gasteiger charge is -2.12. The number of ketones is 1. The van der Waals surface area contributed by atoms with E-state index in [4.69, 9.17) is 25.8 Å². The van der Waals surface area contributed by atoms with E-state index >= 15 is 0 Å². The number of aromatic nitrogens is 1. The smallest absolute Gasteiger partial charge is 0.341 e.